The minimum Gasteiger partial charge on any atom is -0.370 e. The lowest BCUT2D eigenvalue weighted by Gasteiger charge is -2.47. The minimum atomic E-state index is 0.169. The Hall–Kier alpha value is -0.570. The van der Waals surface area contributed by atoms with Gasteiger partial charge >= 0.3 is 0 Å². The summed E-state index contributed by atoms with van der Waals surface area (Å²) < 4.78 is 0. The van der Waals surface area contributed by atoms with Crippen molar-refractivity contribution < 1.29 is 0 Å². The molecule has 1 spiro atoms. The molecule has 0 aromatic carbocycles. The summed E-state index contributed by atoms with van der Waals surface area (Å²) in [6.07, 6.45) is 13.7. The quantitative estimate of drug-likeness (QED) is 0.722. The lowest BCUT2D eigenvalue weighted by Crippen LogP contribution is -2.65. The van der Waals surface area contributed by atoms with Gasteiger partial charge in [0.2, 0.25) is 0 Å². The van der Waals surface area contributed by atoms with Crippen molar-refractivity contribution in [3.8, 4) is 0 Å². The van der Waals surface area contributed by atoms with Crippen molar-refractivity contribution in [1.82, 2.24) is 10.6 Å². The van der Waals surface area contributed by atoms with Crippen LogP contribution in [0.25, 0.3) is 0 Å². The van der Waals surface area contributed by atoms with E-state index in [4.69, 9.17) is 4.99 Å². The van der Waals surface area contributed by atoms with Crippen LogP contribution >= 0.6 is 0 Å². The maximum Gasteiger partial charge on any atom is 0.117 e. The average Bonchev–Trinajstić information content (AvgIpc) is 2.73. The Bertz CT molecular complexity index is 344. The summed E-state index contributed by atoms with van der Waals surface area (Å²) >= 11 is 0. The van der Waals surface area contributed by atoms with Gasteiger partial charge in [-0.2, -0.15) is 0 Å². The second-order valence-electron chi connectivity index (χ2n) is 7.11. The highest BCUT2D eigenvalue weighted by atomic mass is 15.2. The Morgan fingerprint density at radius 3 is 2.55 bits per heavy atom. The average molecular weight is 277 g/mol. The van der Waals surface area contributed by atoms with Crippen molar-refractivity contribution in [3.05, 3.63) is 0 Å². The topological polar surface area (TPSA) is 36.4 Å². The monoisotopic (exact) mass is 277 g/mol. The van der Waals surface area contributed by atoms with Gasteiger partial charge in [-0.25, -0.2) is 0 Å². The van der Waals surface area contributed by atoms with Crippen molar-refractivity contribution in [2.75, 3.05) is 13.1 Å². The molecule has 3 rings (SSSR count). The Morgan fingerprint density at radius 1 is 1.05 bits per heavy atom. The minimum absolute atomic E-state index is 0.169. The van der Waals surface area contributed by atoms with Crippen LogP contribution in [0.4, 0.5) is 0 Å². The van der Waals surface area contributed by atoms with Crippen LogP contribution in [0.3, 0.4) is 0 Å². The number of nitrogens with one attached hydrogen (secondary N) is 2. The van der Waals surface area contributed by atoms with Gasteiger partial charge in [0.1, 0.15) is 5.84 Å². The Balaban J connectivity index is 1.73. The summed E-state index contributed by atoms with van der Waals surface area (Å²) in [6, 6.07) is 0.669. The smallest absolute Gasteiger partial charge is 0.117 e. The van der Waals surface area contributed by atoms with E-state index in [-0.39, 0.29) is 5.54 Å². The van der Waals surface area contributed by atoms with Gasteiger partial charge in [0.05, 0.1) is 12.1 Å². The molecule has 0 saturated heterocycles. The predicted octanol–water partition coefficient (Wildman–Crippen LogP) is 3.25. The number of amidine groups is 1. The second kappa shape index (κ2) is 6.46. The Morgan fingerprint density at radius 2 is 1.80 bits per heavy atom. The molecule has 0 radical (unpaired) electrons. The highest BCUT2D eigenvalue weighted by Crippen LogP contribution is 2.35. The maximum atomic E-state index is 4.92. The molecule has 2 aliphatic carbocycles. The molecule has 3 nitrogen and oxygen atoms in total. The fraction of sp³-hybridized carbons (Fsp3) is 0.941. The van der Waals surface area contributed by atoms with Crippen LogP contribution in [0.1, 0.15) is 71.1 Å². The lowest BCUT2D eigenvalue weighted by atomic mass is 9.72. The molecule has 3 heteroatoms. The largest absolute Gasteiger partial charge is 0.370 e. The molecule has 2 saturated carbocycles. The molecule has 2 atom stereocenters. The van der Waals surface area contributed by atoms with Gasteiger partial charge in [-0.1, -0.05) is 45.4 Å². The fourth-order valence-corrected chi connectivity index (χ4v) is 4.42. The molecule has 2 N–H and O–H groups in total. The molecule has 114 valence electrons. The molecule has 0 aromatic heterocycles. The van der Waals surface area contributed by atoms with Crippen LogP contribution in [0.5, 0.6) is 0 Å². The fourth-order valence-electron chi connectivity index (χ4n) is 4.42. The number of hydrogen-bond donors (Lipinski definition) is 2. The lowest BCUT2D eigenvalue weighted by molar-refractivity contribution is 0.212. The van der Waals surface area contributed by atoms with E-state index >= 15 is 0 Å². The van der Waals surface area contributed by atoms with Crippen LogP contribution in [0.15, 0.2) is 4.99 Å². The number of aliphatic imine (C=N–C) groups is 1. The van der Waals surface area contributed by atoms with E-state index in [0.717, 1.165) is 13.1 Å². The van der Waals surface area contributed by atoms with Crippen molar-refractivity contribution in [2.24, 2.45) is 10.9 Å². The van der Waals surface area contributed by atoms with Gasteiger partial charge in [-0.15, -0.1) is 0 Å². The third-order valence-corrected chi connectivity index (χ3v) is 5.74. The molecular formula is C17H31N3. The molecule has 2 fully saturated rings. The normalized spacial score (nSPS) is 36.5. The molecule has 3 aliphatic rings. The van der Waals surface area contributed by atoms with Gasteiger partial charge < -0.3 is 10.6 Å². The molecular weight excluding hydrogens is 246 g/mol. The standard InChI is InChI=1S/C17H31N3/c1-14-8-6-7-11-17(14)16(18-12-13-19-17)20-15-9-4-2-3-5-10-15/h14-15,19H,2-13H2,1H3,(H,18,20)/t14-,17-/m0/s1. The second-order valence-corrected chi connectivity index (χ2v) is 7.11. The van der Waals surface area contributed by atoms with E-state index < -0.39 is 0 Å². The van der Waals surface area contributed by atoms with E-state index in [1.165, 1.54) is 70.0 Å². The first-order valence-corrected chi connectivity index (χ1v) is 8.88. The first-order valence-electron chi connectivity index (χ1n) is 8.88. The molecule has 20 heavy (non-hydrogen) atoms. The highest BCUT2D eigenvalue weighted by Gasteiger charge is 2.44. The highest BCUT2D eigenvalue weighted by molar-refractivity contribution is 5.93. The van der Waals surface area contributed by atoms with Gasteiger partial charge in [0.15, 0.2) is 0 Å². The summed E-state index contributed by atoms with van der Waals surface area (Å²) in [4.78, 5) is 4.92. The Kier molecular flexibility index (Phi) is 4.65. The van der Waals surface area contributed by atoms with Crippen molar-refractivity contribution in [1.29, 1.82) is 0 Å². The van der Waals surface area contributed by atoms with Crippen LogP contribution in [0, 0.1) is 5.92 Å². The maximum absolute atomic E-state index is 4.92. The summed E-state index contributed by atoms with van der Waals surface area (Å²) in [5.41, 5.74) is 0.169. The van der Waals surface area contributed by atoms with Crippen molar-refractivity contribution >= 4 is 5.84 Å². The van der Waals surface area contributed by atoms with Crippen molar-refractivity contribution in [3.63, 3.8) is 0 Å². The molecule has 0 unspecified atom stereocenters. The zero-order chi connectivity index (χ0) is 13.8. The van der Waals surface area contributed by atoms with Crippen LogP contribution in [0.2, 0.25) is 0 Å². The van der Waals surface area contributed by atoms with E-state index in [2.05, 4.69) is 17.6 Å². The third kappa shape index (κ3) is 2.88. The first kappa shape index (κ1) is 14.4. The van der Waals surface area contributed by atoms with E-state index in [1.807, 2.05) is 0 Å². The molecule has 0 aromatic rings. The van der Waals surface area contributed by atoms with Gasteiger partial charge in [0, 0.05) is 12.6 Å². The summed E-state index contributed by atoms with van der Waals surface area (Å²) in [5.74, 6) is 2.02. The molecule has 0 bridgehead atoms. The SMILES string of the molecule is C[C@H]1CCCC[C@]12NCCN=C2NC1CCCCCC1. The summed E-state index contributed by atoms with van der Waals surface area (Å²) in [7, 11) is 0. The summed E-state index contributed by atoms with van der Waals surface area (Å²) in [6.45, 7) is 4.42. The van der Waals surface area contributed by atoms with Crippen LogP contribution in [-0.2, 0) is 0 Å². The van der Waals surface area contributed by atoms with Crippen molar-refractivity contribution in [2.45, 2.75) is 82.7 Å². The third-order valence-electron chi connectivity index (χ3n) is 5.74. The predicted molar refractivity (Wildman–Crippen MR) is 85.3 cm³/mol. The van der Waals surface area contributed by atoms with Gasteiger partial charge in [-0.05, 0) is 31.6 Å². The van der Waals surface area contributed by atoms with Crippen LogP contribution in [-0.4, -0.2) is 30.5 Å². The van der Waals surface area contributed by atoms with E-state index in [1.54, 1.807) is 0 Å². The Labute approximate surface area is 124 Å². The zero-order valence-corrected chi connectivity index (χ0v) is 13.1. The molecule has 1 aliphatic heterocycles. The number of rotatable bonds is 1. The zero-order valence-electron chi connectivity index (χ0n) is 13.1. The number of hydrogen-bond acceptors (Lipinski definition) is 3. The number of nitrogens with zero attached hydrogens (tertiary/aromatic N) is 1. The molecule has 0 amide bonds. The molecule has 1 heterocycles. The van der Waals surface area contributed by atoms with E-state index in [0.29, 0.717) is 12.0 Å². The van der Waals surface area contributed by atoms with E-state index in [9.17, 15) is 0 Å². The van der Waals surface area contributed by atoms with Gasteiger partial charge in [0.25, 0.3) is 0 Å². The van der Waals surface area contributed by atoms with Gasteiger partial charge in [-0.3, -0.25) is 4.99 Å². The first-order chi connectivity index (χ1) is 9.81. The summed E-state index contributed by atoms with van der Waals surface area (Å²) in [5, 5.41) is 7.72. The van der Waals surface area contributed by atoms with Crippen LogP contribution < -0.4 is 10.6 Å².